The number of carbonyl (C=O) groups excluding carboxylic acids is 1. The highest BCUT2D eigenvalue weighted by atomic mass is 16.5. The molecule has 0 unspecified atom stereocenters. The second kappa shape index (κ2) is 6.19. The molecule has 0 aliphatic rings. The number of ether oxygens (including phenoxy) is 1. The molecule has 2 rings (SSSR count). The molecule has 2 heteroatoms. The predicted octanol–water partition coefficient (Wildman–Crippen LogP) is 4.26. The Labute approximate surface area is 114 Å². The molecule has 0 radical (unpaired) electrons. The van der Waals surface area contributed by atoms with Crippen molar-refractivity contribution in [2.45, 2.75) is 20.3 Å². The second-order valence-corrected chi connectivity index (χ2v) is 4.54. The Bertz CT molecular complexity index is 573. The lowest BCUT2D eigenvalue weighted by molar-refractivity contribution is 0.112. The van der Waals surface area contributed by atoms with Gasteiger partial charge in [-0.1, -0.05) is 37.3 Å². The van der Waals surface area contributed by atoms with Gasteiger partial charge in [0.2, 0.25) is 0 Å². The van der Waals surface area contributed by atoms with Crippen molar-refractivity contribution < 1.29 is 9.53 Å². The van der Waals surface area contributed by atoms with E-state index in [-0.39, 0.29) is 0 Å². The minimum atomic E-state index is 0.702. The molecular formula is C17H18O2. The number of rotatable bonds is 5. The van der Waals surface area contributed by atoms with Gasteiger partial charge in [0.1, 0.15) is 12.0 Å². The fraction of sp³-hybridized carbons (Fsp3) is 0.235. The van der Waals surface area contributed by atoms with Gasteiger partial charge in [0.05, 0.1) is 6.61 Å². The third-order valence-corrected chi connectivity index (χ3v) is 3.03. The van der Waals surface area contributed by atoms with Gasteiger partial charge in [-0.25, -0.2) is 0 Å². The van der Waals surface area contributed by atoms with Crippen molar-refractivity contribution in [3.05, 3.63) is 53.6 Å². The number of benzene rings is 2. The van der Waals surface area contributed by atoms with Gasteiger partial charge in [-0.3, -0.25) is 4.79 Å². The third-order valence-electron chi connectivity index (χ3n) is 3.03. The Kier molecular flexibility index (Phi) is 4.35. The van der Waals surface area contributed by atoms with Crippen LogP contribution in [0.25, 0.3) is 11.1 Å². The molecule has 0 bridgehead atoms. The van der Waals surface area contributed by atoms with E-state index < -0.39 is 0 Å². The lowest BCUT2D eigenvalue weighted by atomic mass is 9.98. The Morgan fingerprint density at radius 2 is 1.89 bits per heavy atom. The largest absolute Gasteiger partial charge is 0.493 e. The Morgan fingerprint density at radius 3 is 2.58 bits per heavy atom. The Morgan fingerprint density at radius 1 is 1.11 bits per heavy atom. The van der Waals surface area contributed by atoms with Gasteiger partial charge >= 0.3 is 0 Å². The number of hydrogen-bond donors (Lipinski definition) is 0. The summed E-state index contributed by atoms with van der Waals surface area (Å²) in [5, 5.41) is 0. The third kappa shape index (κ3) is 3.02. The van der Waals surface area contributed by atoms with Crippen molar-refractivity contribution in [1.29, 1.82) is 0 Å². The maximum Gasteiger partial charge on any atom is 0.150 e. The maximum absolute atomic E-state index is 10.8. The van der Waals surface area contributed by atoms with Gasteiger partial charge in [-0.2, -0.15) is 0 Å². The van der Waals surface area contributed by atoms with Gasteiger partial charge < -0.3 is 4.74 Å². The van der Waals surface area contributed by atoms with Crippen LogP contribution in [0.15, 0.2) is 42.5 Å². The summed E-state index contributed by atoms with van der Waals surface area (Å²) >= 11 is 0. The molecule has 2 nitrogen and oxygen atoms in total. The summed E-state index contributed by atoms with van der Waals surface area (Å²) in [6, 6.07) is 13.7. The molecule has 0 spiro atoms. The summed E-state index contributed by atoms with van der Waals surface area (Å²) in [6.07, 6.45) is 1.85. The van der Waals surface area contributed by atoms with Gasteiger partial charge in [-0.05, 0) is 36.6 Å². The zero-order valence-electron chi connectivity index (χ0n) is 11.3. The van der Waals surface area contributed by atoms with E-state index in [0.717, 1.165) is 35.1 Å². The van der Waals surface area contributed by atoms with Crippen LogP contribution >= 0.6 is 0 Å². The summed E-state index contributed by atoms with van der Waals surface area (Å²) in [4.78, 5) is 10.8. The van der Waals surface area contributed by atoms with E-state index in [0.29, 0.717) is 12.2 Å². The first-order chi connectivity index (χ1) is 9.26. The average Bonchev–Trinajstić information content (AvgIpc) is 2.45. The molecule has 0 aliphatic carbocycles. The van der Waals surface area contributed by atoms with E-state index in [4.69, 9.17) is 4.74 Å². The lowest BCUT2D eigenvalue weighted by Crippen LogP contribution is -1.97. The van der Waals surface area contributed by atoms with Gasteiger partial charge in [-0.15, -0.1) is 0 Å². The van der Waals surface area contributed by atoms with Crippen LogP contribution in [0, 0.1) is 6.92 Å². The van der Waals surface area contributed by atoms with Gasteiger partial charge in [0, 0.05) is 11.1 Å². The quantitative estimate of drug-likeness (QED) is 0.745. The van der Waals surface area contributed by atoms with Crippen molar-refractivity contribution in [2.75, 3.05) is 6.61 Å². The molecule has 2 aromatic rings. The average molecular weight is 254 g/mol. The van der Waals surface area contributed by atoms with E-state index in [1.54, 1.807) is 0 Å². The fourth-order valence-electron chi connectivity index (χ4n) is 2.09. The molecule has 0 atom stereocenters. The van der Waals surface area contributed by atoms with Crippen molar-refractivity contribution in [3.63, 3.8) is 0 Å². The lowest BCUT2D eigenvalue weighted by Gasteiger charge is -2.13. The van der Waals surface area contributed by atoms with Crippen molar-refractivity contribution >= 4 is 6.29 Å². The molecule has 0 heterocycles. The standard InChI is InChI=1S/C17H18O2/c1-3-10-19-17-7-5-4-6-16(17)15-9-8-14(12-18)11-13(15)2/h4-9,11-12H,3,10H2,1-2H3. The van der Waals surface area contributed by atoms with E-state index in [2.05, 4.69) is 6.92 Å². The summed E-state index contributed by atoms with van der Waals surface area (Å²) < 4.78 is 5.78. The van der Waals surface area contributed by atoms with E-state index in [1.807, 2.05) is 49.4 Å². The molecule has 0 aliphatic heterocycles. The predicted molar refractivity (Wildman–Crippen MR) is 77.8 cm³/mol. The first-order valence-electron chi connectivity index (χ1n) is 6.54. The zero-order chi connectivity index (χ0) is 13.7. The van der Waals surface area contributed by atoms with Crippen LogP contribution in [0.5, 0.6) is 5.75 Å². The minimum absolute atomic E-state index is 0.702. The summed E-state index contributed by atoms with van der Waals surface area (Å²) in [7, 11) is 0. The zero-order valence-corrected chi connectivity index (χ0v) is 11.3. The van der Waals surface area contributed by atoms with E-state index in [1.165, 1.54) is 0 Å². The highest BCUT2D eigenvalue weighted by Gasteiger charge is 2.08. The number of aryl methyl sites for hydroxylation is 1. The summed E-state index contributed by atoms with van der Waals surface area (Å²) in [6.45, 7) is 4.81. The molecule has 0 saturated heterocycles. The normalized spacial score (nSPS) is 10.2. The number of carbonyl (C=O) groups is 1. The molecule has 0 N–H and O–H groups in total. The topological polar surface area (TPSA) is 26.3 Å². The summed E-state index contributed by atoms with van der Waals surface area (Å²) in [5.74, 6) is 0.895. The van der Waals surface area contributed by atoms with E-state index in [9.17, 15) is 4.79 Å². The number of hydrogen-bond acceptors (Lipinski definition) is 2. The SMILES string of the molecule is CCCOc1ccccc1-c1ccc(C=O)cc1C. The number of para-hydroxylation sites is 1. The van der Waals surface area contributed by atoms with Crippen LogP contribution in [0.1, 0.15) is 29.3 Å². The van der Waals surface area contributed by atoms with Crippen LogP contribution in [0.3, 0.4) is 0 Å². The monoisotopic (exact) mass is 254 g/mol. The molecule has 0 fully saturated rings. The molecule has 98 valence electrons. The van der Waals surface area contributed by atoms with Crippen LogP contribution < -0.4 is 4.74 Å². The Balaban J connectivity index is 2.43. The van der Waals surface area contributed by atoms with Crippen molar-refractivity contribution in [3.8, 4) is 16.9 Å². The highest BCUT2D eigenvalue weighted by Crippen LogP contribution is 2.32. The first kappa shape index (κ1) is 13.3. The molecule has 0 saturated carbocycles. The highest BCUT2D eigenvalue weighted by molar-refractivity contribution is 5.80. The van der Waals surface area contributed by atoms with Gasteiger partial charge in [0.15, 0.2) is 0 Å². The number of aldehydes is 1. The van der Waals surface area contributed by atoms with Crippen molar-refractivity contribution in [1.82, 2.24) is 0 Å². The van der Waals surface area contributed by atoms with Crippen molar-refractivity contribution in [2.24, 2.45) is 0 Å². The Hall–Kier alpha value is -2.09. The van der Waals surface area contributed by atoms with Crippen LogP contribution in [-0.2, 0) is 0 Å². The van der Waals surface area contributed by atoms with E-state index >= 15 is 0 Å². The fourth-order valence-corrected chi connectivity index (χ4v) is 2.09. The molecule has 2 aromatic carbocycles. The summed E-state index contributed by atoms with van der Waals surface area (Å²) in [5.41, 5.74) is 3.97. The van der Waals surface area contributed by atoms with Gasteiger partial charge in [0.25, 0.3) is 0 Å². The molecule has 19 heavy (non-hydrogen) atoms. The maximum atomic E-state index is 10.8. The minimum Gasteiger partial charge on any atom is -0.493 e. The molecule has 0 aromatic heterocycles. The molecule has 0 amide bonds. The van der Waals surface area contributed by atoms with Crippen LogP contribution in [0.4, 0.5) is 0 Å². The second-order valence-electron chi connectivity index (χ2n) is 4.54. The molecular weight excluding hydrogens is 236 g/mol. The van der Waals surface area contributed by atoms with Crippen LogP contribution in [-0.4, -0.2) is 12.9 Å². The smallest absolute Gasteiger partial charge is 0.150 e. The first-order valence-corrected chi connectivity index (χ1v) is 6.54. The van der Waals surface area contributed by atoms with Crippen LogP contribution in [0.2, 0.25) is 0 Å².